The molecule has 2 aromatic rings. The van der Waals surface area contributed by atoms with Crippen LogP contribution in [0.5, 0.6) is 0 Å². The summed E-state index contributed by atoms with van der Waals surface area (Å²) in [4.78, 5) is 4.30. The molecule has 0 aliphatic heterocycles. The number of aromatic nitrogens is 1. The zero-order valence-corrected chi connectivity index (χ0v) is 14.2. The van der Waals surface area contributed by atoms with E-state index in [0.29, 0.717) is 18.0 Å². The van der Waals surface area contributed by atoms with Gasteiger partial charge in [0.25, 0.3) is 0 Å². The van der Waals surface area contributed by atoms with E-state index in [1.807, 2.05) is 12.3 Å². The third-order valence-electron chi connectivity index (χ3n) is 2.46. The highest BCUT2D eigenvalue weighted by molar-refractivity contribution is 9.10. The molecule has 2 heterocycles. The van der Waals surface area contributed by atoms with Gasteiger partial charge in [-0.25, -0.2) is 18.1 Å². The van der Waals surface area contributed by atoms with Crippen LogP contribution in [0, 0.1) is 6.92 Å². The van der Waals surface area contributed by atoms with Gasteiger partial charge in [0.1, 0.15) is 10.7 Å². The summed E-state index contributed by atoms with van der Waals surface area (Å²) in [6.45, 7) is 2.49. The van der Waals surface area contributed by atoms with Crippen LogP contribution < -0.4 is 10.0 Å². The van der Waals surface area contributed by atoms with E-state index in [2.05, 4.69) is 31.0 Å². The van der Waals surface area contributed by atoms with E-state index in [0.717, 1.165) is 5.01 Å². The molecule has 0 radical (unpaired) electrons. The van der Waals surface area contributed by atoms with Crippen LogP contribution in [0.4, 0.5) is 0 Å². The summed E-state index contributed by atoms with van der Waals surface area (Å²) in [6.07, 6.45) is 0. The fourth-order valence-electron chi connectivity index (χ4n) is 1.58. The first kappa shape index (κ1) is 15.6. The fourth-order valence-corrected chi connectivity index (χ4v) is 4.19. The summed E-state index contributed by atoms with van der Waals surface area (Å²) in [5.41, 5.74) is 0.700. The highest BCUT2D eigenvalue weighted by atomic mass is 79.9. The van der Waals surface area contributed by atoms with Crippen molar-refractivity contribution in [2.24, 2.45) is 0 Å². The molecule has 0 saturated carbocycles. The second kappa shape index (κ2) is 6.35. The summed E-state index contributed by atoms with van der Waals surface area (Å²) < 4.78 is 32.4. The second-order valence-electron chi connectivity index (χ2n) is 4.06. The molecule has 0 bridgehead atoms. The molecule has 110 valence electrons. The van der Waals surface area contributed by atoms with Gasteiger partial charge in [0.15, 0.2) is 4.67 Å². The second-order valence-corrected chi connectivity index (χ2v) is 7.58. The van der Waals surface area contributed by atoms with Gasteiger partial charge < -0.3 is 9.73 Å². The average Bonchev–Trinajstić information content (AvgIpc) is 2.94. The van der Waals surface area contributed by atoms with Gasteiger partial charge in [-0.15, -0.1) is 11.3 Å². The zero-order chi connectivity index (χ0) is 14.8. The van der Waals surface area contributed by atoms with Crippen molar-refractivity contribution < 1.29 is 12.8 Å². The Bertz CT molecular complexity index is 694. The Hall–Kier alpha value is -0.740. The van der Waals surface area contributed by atoms with Gasteiger partial charge in [-0.3, -0.25) is 0 Å². The highest BCUT2D eigenvalue weighted by Gasteiger charge is 2.22. The van der Waals surface area contributed by atoms with E-state index in [1.54, 1.807) is 7.05 Å². The molecule has 0 amide bonds. The van der Waals surface area contributed by atoms with Crippen molar-refractivity contribution >= 4 is 37.3 Å². The Morgan fingerprint density at radius 3 is 2.80 bits per heavy atom. The SMILES string of the molecule is CNCc1cc(S(=O)(=O)NCc2csc(C)n2)c(Br)o1. The lowest BCUT2D eigenvalue weighted by molar-refractivity contribution is 0.470. The van der Waals surface area contributed by atoms with Gasteiger partial charge in [0.05, 0.1) is 23.8 Å². The molecular weight excluding hydrogens is 366 g/mol. The first-order valence-corrected chi connectivity index (χ1v) is 8.91. The molecule has 9 heteroatoms. The van der Waals surface area contributed by atoms with E-state index in [1.165, 1.54) is 17.4 Å². The van der Waals surface area contributed by atoms with Crippen LogP contribution in [0.2, 0.25) is 0 Å². The molecule has 2 rings (SSSR count). The number of hydrogen-bond acceptors (Lipinski definition) is 6. The maximum atomic E-state index is 12.2. The van der Waals surface area contributed by atoms with Crippen LogP contribution in [0.25, 0.3) is 0 Å². The van der Waals surface area contributed by atoms with Crippen LogP contribution in [-0.2, 0) is 23.1 Å². The minimum absolute atomic E-state index is 0.0923. The molecule has 0 fully saturated rings. The average molecular weight is 380 g/mol. The first-order valence-electron chi connectivity index (χ1n) is 5.76. The molecule has 20 heavy (non-hydrogen) atoms. The number of aryl methyl sites for hydroxylation is 1. The standard InChI is InChI=1S/C11H14BrN3O3S2/c1-7-15-8(6-19-7)4-14-20(16,17)10-3-9(5-13-2)18-11(10)12/h3,6,13-14H,4-5H2,1-2H3. The Kier molecular flexibility index (Phi) is 4.97. The van der Waals surface area contributed by atoms with Crippen molar-refractivity contribution in [2.75, 3.05) is 7.05 Å². The predicted octanol–water partition coefficient (Wildman–Crippen LogP) is 2.00. The largest absolute Gasteiger partial charge is 0.452 e. The monoisotopic (exact) mass is 379 g/mol. The Morgan fingerprint density at radius 1 is 1.45 bits per heavy atom. The molecule has 0 aromatic carbocycles. The summed E-state index contributed by atoms with van der Waals surface area (Å²) >= 11 is 4.61. The van der Waals surface area contributed by atoms with Crippen molar-refractivity contribution in [3.05, 3.63) is 32.6 Å². The summed E-state index contributed by atoms with van der Waals surface area (Å²) in [6, 6.07) is 1.50. The Balaban J connectivity index is 2.13. The first-order chi connectivity index (χ1) is 9.42. The van der Waals surface area contributed by atoms with Crippen LogP contribution in [-0.4, -0.2) is 20.4 Å². The number of nitrogens with one attached hydrogen (secondary N) is 2. The summed E-state index contributed by atoms with van der Waals surface area (Å²) in [5, 5.41) is 5.63. The molecule has 0 saturated heterocycles. The number of nitrogens with zero attached hydrogens (tertiary/aromatic N) is 1. The van der Waals surface area contributed by atoms with Gasteiger partial charge >= 0.3 is 0 Å². The van der Waals surface area contributed by atoms with Gasteiger partial charge in [-0.05, 0) is 29.9 Å². The normalized spacial score (nSPS) is 11.9. The third-order valence-corrected chi connectivity index (χ3v) is 5.54. The number of thiazole rings is 1. The van der Waals surface area contributed by atoms with Crippen molar-refractivity contribution in [3.8, 4) is 0 Å². The van der Waals surface area contributed by atoms with Crippen molar-refractivity contribution in [1.82, 2.24) is 15.0 Å². The molecule has 2 aromatic heterocycles. The summed E-state index contributed by atoms with van der Waals surface area (Å²) in [7, 11) is -1.87. The van der Waals surface area contributed by atoms with E-state index in [-0.39, 0.29) is 16.1 Å². The van der Waals surface area contributed by atoms with Crippen LogP contribution in [0.15, 0.2) is 25.4 Å². The van der Waals surface area contributed by atoms with Crippen LogP contribution in [0.3, 0.4) is 0 Å². The van der Waals surface area contributed by atoms with E-state index in [9.17, 15) is 8.42 Å². The molecule has 0 aliphatic carbocycles. The molecule has 6 nitrogen and oxygen atoms in total. The topological polar surface area (TPSA) is 84.2 Å². The quantitative estimate of drug-likeness (QED) is 0.801. The number of hydrogen-bond donors (Lipinski definition) is 2. The Labute approximate surface area is 129 Å². The Morgan fingerprint density at radius 2 is 2.20 bits per heavy atom. The van der Waals surface area contributed by atoms with E-state index in [4.69, 9.17) is 4.42 Å². The molecule has 0 spiro atoms. The maximum absolute atomic E-state index is 12.2. The lowest BCUT2D eigenvalue weighted by Gasteiger charge is -2.02. The smallest absolute Gasteiger partial charge is 0.245 e. The molecule has 0 atom stereocenters. The molecule has 0 aliphatic rings. The highest BCUT2D eigenvalue weighted by Crippen LogP contribution is 2.26. The van der Waals surface area contributed by atoms with Crippen LogP contribution >= 0.6 is 27.3 Å². The number of furan rings is 1. The lowest BCUT2D eigenvalue weighted by atomic mass is 10.4. The summed E-state index contributed by atoms with van der Waals surface area (Å²) in [5.74, 6) is 0.546. The van der Waals surface area contributed by atoms with Crippen molar-refractivity contribution in [3.63, 3.8) is 0 Å². The van der Waals surface area contributed by atoms with Gasteiger partial charge in [-0.1, -0.05) is 0 Å². The number of sulfonamides is 1. The van der Waals surface area contributed by atoms with Gasteiger partial charge in [0, 0.05) is 11.4 Å². The maximum Gasteiger partial charge on any atom is 0.245 e. The third kappa shape index (κ3) is 3.67. The van der Waals surface area contributed by atoms with Crippen LogP contribution in [0.1, 0.15) is 16.5 Å². The molecule has 0 unspecified atom stereocenters. The number of halogens is 1. The molecule has 2 N–H and O–H groups in total. The minimum atomic E-state index is -3.63. The van der Waals surface area contributed by atoms with Gasteiger partial charge in [-0.2, -0.15) is 0 Å². The van der Waals surface area contributed by atoms with Crippen molar-refractivity contribution in [2.45, 2.75) is 24.9 Å². The number of rotatable bonds is 6. The minimum Gasteiger partial charge on any atom is -0.452 e. The fraction of sp³-hybridized carbons (Fsp3) is 0.364. The predicted molar refractivity (Wildman–Crippen MR) is 80.0 cm³/mol. The lowest BCUT2D eigenvalue weighted by Crippen LogP contribution is -2.23. The zero-order valence-electron chi connectivity index (χ0n) is 10.9. The van der Waals surface area contributed by atoms with E-state index < -0.39 is 10.0 Å². The molecular formula is C11H14BrN3O3S2. The van der Waals surface area contributed by atoms with E-state index >= 15 is 0 Å². The van der Waals surface area contributed by atoms with Crippen molar-refractivity contribution in [1.29, 1.82) is 0 Å². The van der Waals surface area contributed by atoms with Gasteiger partial charge in [0.2, 0.25) is 10.0 Å².